The van der Waals surface area contributed by atoms with Crippen LogP contribution in [0, 0.1) is 17.8 Å². The highest BCUT2D eigenvalue weighted by Crippen LogP contribution is 2.17. The van der Waals surface area contributed by atoms with Gasteiger partial charge in [0.15, 0.2) is 0 Å². The lowest BCUT2D eigenvalue weighted by Crippen LogP contribution is -2.24. The summed E-state index contributed by atoms with van der Waals surface area (Å²) in [6.07, 6.45) is 5.02. The molecule has 96 valence electrons. The van der Waals surface area contributed by atoms with Crippen LogP contribution in [0.25, 0.3) is 0 Å². The lowest BCUT2D eigenvalue weighted by atomic mass is 9.94. The van der Waals surface area contributed by atoms with Crippen molar-refractivity contribution in [2.75, 3.05) is 13.1 Å². The Labute approximate surface area is 103 Å². The Morgan fingerprint density at radius 2 is 1.62 bits per heavy atom. The fraction of sp³-hybridized carbons (Fsp3) is 0.867. The van der Waals surface area contributed by atoms with Crippen molar-refractivity contribution in [3.8, 4) is 0 Å². The number of hydrogen-bond donors (Lipinski definition) is 1. The number of nitrogens with one attached hydrogen (secondary N) is 1. The SMILES string of the molecule is CCC(C=C(CNCC(C)C)C(C)C)CC. The topological polar surface area (TPSA) is 12.0 Å². The maximum Gasteiger partial charge on any atom is 0.0167 e. The average molecular weight is 225 g/mol. The number of allylic oxidation sites excluding steroid dienone is 1. The van der Waals surface area contributed by atoms with Crippen LogP contribution in [0.2, 0.25) is 0 Å². The minimum Gasteiger partial charge on any atom is -0.313 e. The Morgan fingerprint density at radius 1 is 1.06 bits per heavy atom. The molecule has 0 rings (SSSR count). The molecule has 0 aromatic carbocycles. The molecule has 0 saturated heterocycles. The van der Waals surface area contributed by atoms with Gasteiger partial charge in [-0.2, -0.15) is 0 Å². The predicted molar refractivity (Wildman–Crippen MR) is 74.7 cm³/mol. The first-order valence-electron chi connectivity index (χ1n) is 6.92. The predicted octanol–water partition coefficient (Wildman–Crippen LogP) is 4.25. The first-order chi connectivity index (χ1) is 7.51. The van der Waals surface area contributed by atoms with Gasteiger partial charge in [-0.3, -0.25) is 0 Å². The van der Waals surface area contributed by atoms with Gasteiger partial charge in [-0.15, -0.1) is 0 Å². The standard InChI is InChI=1S/C15H31N/c1-7-14(8-2)9-15(13(5)6)11-16-10-12(3)4/h9,12-14,16H,7-8,10-11H2,1-6H3. The zero-order chi connectivity index (χ0) is 12.6. The molecule has 0 aliphatic heterocycles. The molecule has 0 fully saturated rings. The largest absolute Gasteiger partial charge is 0.313 e. The average Bonchev–Trinajstić information content (AvgIpc) is 2.22. The van der Waals surface area contributed by atoms with Gasteiger partial charge in [0.25, 0.3) is 0 Å². The zero-order valence-corrected chi connectivity index (χ0v) is 12.1. The molecule has 0 atom stereocenters. The fourth-order valence-corrected chi connectivity index (χ4v) is 1.79. The molecular formula is C15H31N. The van der Waals surface area contributed by atoms with Crippen molar-refractivity contribution in [1.82, 2.24) is 5.32 Å². The Bertz CT molecular complexity index is 188. The molecule has 0 unspecified atom stereocenters. The van der Waals surface area contributed by atoms with Crippen LogP contribution in [0.3, 0.4) is 0 Å². The molecule has 1 heteroatoms. The van der Waals surface area contributed by atoms with Crippen molar-refractivity contribution in [1.29, 1.82) is 0 Å². The Balaban J connectivity index is 4.25. The molecule has 1 N–H and O–H groups in total. The van der Waals surface area contributed by atoms with Crippen LogP contribution in [0.15, 0.2) is 11.6 Å². The second-order valence-electron chi connectivity index (χ2n) is 5.50. The number of hydrogen-bond acceptors (Lipinski definition) is 1. The number of rotatable bonds is 8. The molecule has 0 amide bonds. The monoisotopic (exact) mass is 225 g/mol. The van der Waals surface area contributed by atoms with Gasteiger partial charge in [0.05, 0.1) is 0 Å². The summed E-state index contributed by atoms with van der Waals surface area (Å²) in [6, 6.07) is 0. The maximum atomic E-state index is 3.55. The van der Waals surface area contributed by atoms with E-state index in [1.807, 2.05) is 0 Å². The maximum absolute atomic E-state index is 3.55. The summed E-state index contributed by atoms with van der Waals surface area (Å²) < 4.78 is 0. The van der Waals surface area contributed by atoms with E-state index in [1.165, 1.54) is 12.8 Å². The van der Waals surface area contributed by atoms with Gasteiger partial charge in [0.1, 0.15) is 0 Å². The van der Waals surface area contributed by atoms with Crippen molar-refractivity contribution >= 4 is 0 Å². The fourth-order valence-electron chi connectivity index (χ4n) is 1.79. The van der Waals surface area contributed by atoms with Crippen molar-refractivity contribution in [2.24, 2.45) is 17.8 Å². The van der Waals surface area contributed by atoms with Crippen LogP contribution in [0.4, 0.5) is 0 Å². The quantitative estimate of drug-likeness (QED) is 0.609. The van der Waals surface area contributed by atoms with Gasteiger partial charge in [0, 0.05) is 6.54 Å². The summed E-state index contributed by atoms with van der Waals surface area (Å²) in [5.74, 6) is 2.17. The van der Waals surface area contributed by atoms with E-state index >= 15 is 0 Å². The Kier molecular flexibility index (Phi) is 8.64. The Morgan fingerprint density at radius 3 is 2.00 bits per heavy atom. The zero-order valence-electron chi connectivity index (χ0n) is 12.1. The van der Waals surface area contributed by atoms with Gasteiger partial charge in [-0.05, 0) is 37.1 Å². The molecule has 0 radical (unpaired) electrons. The second-order valence-corrected chi connectivity index (χ2v) is 5.50. The highest BCUT2D eigenvalue weighted by atomic mass is 14.9. The summed E-state index contributed by atoms with van der Waals surface area (Å²) in [7, 11) is 0. The van der Waals surface area contributed by atoms with E-state index in [4.69, 9.17) is 0 Å². The van der Waals surface area contributed by atoms with Crippen LogP contribution in [0.1, 0.15) is 54.4 Å². The van der Waals surface area contributed by atoms with E-state index in [2.05, 4.69) is 52.9 Å². The van der Waals surface area contributed by atoms with E-state index in [-0.39, 0.29) is 0 Å². The van der Waals surface area contributed by atoms with Crippen LogP contribution < -0.4 is 5.32 Å². The van der Waals surface area contributed by atoms with Crippen LogP contribution in [-0.4, -0.2) is 13.1 Å². The van der Waals surface area contributed by atoms with Crippen molar-refractivity contribution in [2.45, 2.75) is 54.4 Å². The van der Waals surface area contributed by atoms with Gasteiger partial charge in [0.2, 0.25) is 0 Å². The van der Waals surface area contributed by atoms with E-state index in [0.717, 1.165) is 24.9 Å². The summed E-state index contributed by atoms with van der Waals surface area (Å²) in [5, 5.41) is 3.55. The molecule has 1 nitrogen and oxygen atoms in total. The molecule has 0 bridgehead atoms. The highest BCUT2D eigenvalue weighted by Gasteiger charge is 2.07. The molecule has 0 aromatic rings. The minimum atomic E-state index is 0.667. The molecular weight excluding hydrogens is 194 g/mol. The lowest BCUT2D eigenvalue weighted by molar-refractivity contribution is 0.544. The molecule has 16 heavy (non-hydrogen) atoms. The molecule has 0 saturated carbocycles. The summed E-state index contributed by atoms with van der Waals surface area (Å²) in [6.45, 7) is 15.9. The van der Waals surface area contributed by atoms with Crippen molar-refractivity contribution in [3.63, 3.8) is 0 Å². The lowest BCUT2D eigenvalue weighted by Gasteiger charge is -2.17. The molecule has 0 heterocycles. The third-order valence-electron chi connectivity index (χ3n) is 3.12. The van der Waals surface area contributed by atoms with Gasteiger partial charge in [-0.25, -0.2) is 0 Å². The molecule has 0 aromatic heterocycles. The van der Waals surface area contributed by atoms with Crippen LogP contribution in [-0.2, 0) is 0 Å². The first-order valence-corrected chi connectivity index (χ1v) is 6.92. The third-order valence-corrected chi connectivity index (χ3v) is 3.12. The van der Waals surface area contributed by atoms with E-state index < -0.39 is 0 Å². The van der Waals surface area contributed by atoms with Crippen molar-refractivity contribution in [3.05, 3.63) is 11.6 Å². The summed E-state index contributed by atoms with van der Waals surface area (Å²) >= 11 is 0. The van der Waals surface area contributed by atoms with Gasteiger partial charge in [-0.1, -0.05) is 53.2 Å². The van der Waals surface area contributed by atoms with E-state index in [9.17, 15) is 0 Å². The molecule has 0 aliphatic carbocycles. The van der Waals surface area contributed by atoms with Gasteiger partial charge >= 0.3 is 0 Å². The smallest absolute Gasteiger partial charge is 0.0167 e. The van der Waals surface area contributed by atoms with Crippen LogP contribution >= 0.6 is 0 Å². The van der Waals surface area contributed by atoms with E-state index in [0.29, 0.717) is 5.92 Å². The highest BCUT2D eigenvalue weighted by molar-refractivity contribution is 5.08. The third kappa shape index (κ3) is 7.05. The molecule has 0 spiro atoms. The minimum absolute atomic E-state index is 0.667. The first kappa shape index (κ1) is 15.7. The summed E-state index contributed by atoms with van der Waals surface area (Å²) in [4.78, 5) is 0. The Hall–Kier alpha value is -0.300. The molecule has 0 aliphatic rings. The van der Waals surface area contributed by atoms with Crippen LogP contribution in [0.5, 0.6) is 0 Å². The van der Waals surface area contributed by atoms with E-state index in [1.54, 1.807) is 5.57 Å². The summed E-state index contributed by atoms with van der Waals surface area (Å²) in [5.41, 5.74) is 1.58. The second kappa shape index (κ2) is 8.81. The van der Waals surface area contributed by atoms with Crippen molar-refractivity contribution < 1.29 is 0 Å². The normalized spacial score (nSPS) is 13.2. The van der Waals surface area contributed by atoms with Gasteiger partial charge < -0.3 is 5.32 Å².